The van der Waals surface area contributed by atoms with E-state index in [9.17, 15) is 9.18 Å². The first kappa shape index (κ1) is 25.2. The third-order valence-corrected chi connectivity index (χ3v) is 6.00. The van der Waals surface area contributed by atoms with E-state index in [4.69, 9.17) is 10.00 Å². The van der Waals surface area contributed by atoms with Crippen LogP contribution in [-0.4, -0.2) is 33.0 Å². The van der Waals surface area contributed by atoms with Gasteiger partial charge in [-0.3, -0.25) is 4.79 Å². The van der Waals surface area contributed by atoms with E-state index in [1.807, 2.05) is 34.9 Å². The van der Waals surface area contributed by atoms with Gasteiger partial charge in [-0.05, 0) is 48.7 Å². The molecular formula is C25H28FN5O2S. The van der Waals surface area contributed by atoms with E-state index < -0.39 is 0 Å². The van der Waals surface area contributed by atoms with Crippen molar-refractivity contribution in [2.45, 2.75) is 45.0 Å². The van der Waals surface area contributed by atoms with Gasteiger partial charge in [0, 0.05) is 18.8 Å². The molecule has 9 heteroatoms. The number of carbonyl (C=O) groups is 1. The number of amides is 1. The first-order valence-electron chi connectivity index (χ1n) is 11.1. The van der Waals surface area contributed by atoms with E-state index >= 15 is 0 Å². The summed E-state index contributed by atoms with van der Waals surface area (Å²) < 4.78 is 21.2. The quantitative estimate of drug-likeness (QED) is 0.336. The molecule has 1 heterocycles. The number of benzene rings is 2. The zero-order valence-electron chi connectivity index (χ0n) is 19.4. The van der Waals surface area contributed by atoms with Crippen molar-refractivity contribution < 1.29 is 13.9 Å². The zero-order chi connectivity index (χ0) is 24.3. The van der Waals surface area contributed by atoms with Crippen molar-refractivity contribution >= 4 is 23.4 Å². The Kier molecular flexibility index (Phi) is 9.47. The van der Waals surface area contributed by atoms with Gasteiger partial charge >= 0.3 is 0 Å². The van der Waals surface area contributed by atoms with Crippen molar-refractivity contribution in [3.05, 3.63) is 66.2 Å². The molecule has 0 atom stereocenters. The van der Waals surface area contributed by atoms with Gasteiger partial charge in [-0.2, -0.15) is 5.26 Å². The Balaban J connectivity index is 1.71. The van der Waals surface area contributed by atoms with Gasteiger partial charge in [-0.15, -0.1) is 10.2 Å². The summed E-state index contributed by atoms with van der Waals surface area (Å²) in [6.45, 7) is 5.52. The first-order valence-corrected chi connectivity index (χ1v) is 12.1. The summed E-state index contributed by atoms with van der Waals surface area (Å²) in [7, 11) is 0. The lowest BCUT2D eigenvalue weighted by atomic mass is 10.1. The minimum absolute atomic E-state index is 0.113. The second-order valence-corrected chi connectivity index (χ2v) is 9.00. The van der Waals surface area contributed by atoms with Crippen LogP contribution in [0, 0.1) is 23.1 Å². The number of hydrogen-bond acceptors (Lipinski definition) is 6. The molecule has 0 spiro atoms. The Morgan fingerprint density at radius 2 is 1.91 bits per heavy atom. The zero-order valence-corrected chi connectivity index (χ0v) is 20.2. The number of thioether (sulfide) groups is 1. The summed E-state index contributed by atoms with van der Waals surface area (Å²) >= 11 is 1.29. The molecule has 0 radical (unpaired) electrons. The van der Waals surface area contributed by atoms with Crippen molar-refractivity contribution in [2.75, 3.05) is 17.2 Å². The van der Waals surface area contributed by atoms with Crippen LogP contribution >= 0.6 is 11.8 Å². The van der Waals surface area contributed by atoms with Gasteiger partial charge in [-0.25, -0.2) is 4.39 Å². The van der Waals surface area contributed by atoms with E-state index in [0.717, 1.165) is 12.2 Å². The Bertz CT molecular complexity index is 1100. The number of hydrogen-bond donors (Lipinski definition) is 0. The fourth-order valence-corrected chi connectivity index (χ4v) is 4.05. The van der Waals surface area contributed by atoms with Crippen LogP contribution in [0.1, 0.15) is 32.5 Å². The molecule has 178 valence electrons. The molecule has 0 aliphatic heterocycles. The van der Waals surface area contributed by atoms with E-state index in [1.54, 1.807) is 12.1 Å². The number of rotatable bonds is 12. The SMILES string of the molecule is CC(C)CCn1c(COc2ccccc2)nnc1SCC(=O)N(CCC#N)c1ccc(F)cc1. The molecule has 1 amide bonds. The third kappa shape index (κ3) is 7.32. The summed E-state index contributed by atoms with van der Waals surface area (Å²) in [6.07, 6.45) is 1.11. The van der Waals surface area contributed by atoms with Crippen LogP contribution < -0.4 is 9.64 Å². The van der Waals surface area contributed by atoms with Gasteiger partial charge < -0.3 is 14.2 Å². The number of nitriles is 1. The maximum atomic E-state index is 13.3. The van der Waals surface area contributed by atoms with Crippen molar-refractivity contribution in [3.8, 4) is 11.8 Å². The number of ether oxygens (including phenoxy) is 1. The van der Waals surface area contributed by atoms with Crippen molar-refractivity contribution in [1.82, 2.24) is 14.8 Å². The molecule has 3 rings (SSSR count). The smallest absolute Gasteiger partial charge is 0.237 e. The Hall–Kier alpha value is -3.38. The van der Waals surface area contributed by atoms with Gasteiger partial charge in [0.25, 0.3) is 0 Å². The summed E-state index contributed by atoms with van der Waals surface area (Å²) in [5, 5.41) is 18.2. The van der Waals surface area contributed by atoms with Crippen LogP contribution in [0.2, 0.25) is 0 Å². The monoisotopic (exact) mass is 481 g/mol. The molecule has 0 fully saturated rings. The van der Waals surface area contributed by atoms with E-state index in [1.165, 1.54) is 28.8 Å². The molecule has 0 aliphatic carbocycles. The second-order valence-electron chi connectivity index (χ2n) is 8.05. The average Bonchev–Trinajstić information content (AvgIpc) is 3.23. The van der Waals surface area contributed by atoms with Crippen LogP contribution in [-0.2, 0) is 17.9 Å². The van der Waals surface area contributed by atoms with Gasteiger partial charge in [-0.1, -0.05) is 43.8 Å². The van der Waals surface area contributed by atoms with Gasteiger partial charge in [0.05, 0.1) is 18.2 Å². The predicted octanol–water partition coefficient (Wildman–Crippen LogP) is 5.08. The predicted molar refractivity (Wildman–Crippen MR) is 130 cm³/mol. The Labute approximate surface area is 203 Å². The molecule has 0 bridgehead atoms. The molecule has 7 nitrogen and oxygen atoms in total. The normalized spacial score (nSPS) is 10.8. The Morgan fingerprint density at radius 3 is 2.59 bits per heavy atom. The van der Waals surface area contributed by atoms with Gasteiger partial charge in [0.1, 0.15) is 18.2 Å². The van der Waals surface area contributed by atoms with Crippen molar-refractivity contribution in [3.63, 3.8) is 0 Å². The highest BCUT2D eigenvalue weighted by molar-refractivity contribution is 7.99. The highest BCUT2D eigenvalue weighted by Crippen LogP contribution is 2.23. The minimum atomic E-state index is -0.380. The molecule has 2 aromatic carbocycles. The first-order chi connectivity index (χ1) is 16.5. The largest absolute Gasteiger partial charge is 0.486 e. The number of aromatic nitrogens is 3. The van der Waals surface area contributed by atoms with Gasteiger partial charge in [0.2, 0.25) is 5.91 Å². The molecule has 34 heavy (non-hydrogen) atoms. The number of halogens is 1. The van der Waals surface area contributed by atoms with E-state index in [0.29, 0.717) is 29.1 Å². The summed E-state index contributed by atoms with van der Waals surface area (Å²) in [5.74, 6) is 1.48. The molecule has 1 aromatic heterocycles. The van der Waals surface area contributed by atoms with Crippen molar-refractivity contribution in [1.29, 1.82) is 5.26 Å². The lowest BCUT2D eigenvalue weighted by molar-refractivity contribution is -0.116. The lowest BCUT2D eigenvalue weighted by Gasteiger charge is -2.21. The summed E-state index contributed by atoms with van der Waals surface area (Å²) in [6, 6.07) is 17.3. The maximum Gasteiger partial charge on any atom is 0.237 e. The standard InChI is InChI=1S/C25H28FN5O2S/c1-19(2)13-16-31-23(17-33-22-7-4-3-5-8-22)28-29-25(31)34-18-24(32)30(15-6-14-27)21-11-9-20(26)10-12-21/h3-5,7-12,19H,6,13,15-18H2,1-2H3. The molecule has 3 aromatic rings. The summed E-state index contributed by atoms with van der Waals surface area (Å²) in [5.41, 5.74) is 0.556. The highest BCUT2D eigenvalue weighted by Gasteiger charge is 2.19. The highest BCUT2D eigenvalue weighted by atomic mass is 32.2. The van der Waals surface area contributed by atoms with Crippen LogP contribution in [0.3, 0.4) is 0 Å². The van der Waals surface area contributed by atoms with Crippen LogP contribution in [0.5, 0.6) is 5.75 Å². The number of nitrogens with zero attached hydrogens (tertiary/aromatic N) is 5. The maximum absolute atomic E-state index is 13.3. The molecule has 0 saturated carbocycles. The van der Waals surface area contributed by atoms with Crippen molar-refractivity contribution in [2.24, 2.45) is 5.92 Å². The molecule has 0 saturated heterocycles. The molecule has 0 unspecified atom stereocenters. The number of para-hydroxylation sites is 1. The number of carbonyl (C=O) groups excluding carboxylic acids is 1. The molecule has 0 N–H and O–H groups in total. The van der Waals surface area contributed by atoms with Crippen LogP contribution in [0.15, 0.2) is 59.8 Å². The summed E-state index contributed by atoms with van der Waals surface area (Å²) in [4.78, 5) is 14.5. The minimum Gasteiger partial charge on any atom is -0.486 e. The number of anilines is 1. The molecular weight excluding hydrogens is 453 g/mol. The van der Waals surface area contributed by atoms with E-state index in [-0.39, 0.29) is 37.0 Å². The van der Waals surface area contributed by atoms with Gasteiger partial charge in [0.15, 0.2) is 11.0 Å². The second kappa shape index (κ2) is 12.8. The lowest BCUT2D eigenvalue weighted by Crippen LogP contribution is -2.33. The molecule has 0 aliphatic rings. The van der Waals surface area contributed by atoms with Crippen LogP contribution in [0.4, 0.5) is 10.1 Å². The van der Waals surface area contributed by atoms with Crippen LogP contribution in [0.25, 0.3) is 0 Å². The fourth-order valence-electron chi connectivity index (χ4n) is 3.19. The fraction of sp³-hybridized carbons (Fsp3) is 0.360. The topological polar surface area (TPSA) is 84.0 Å². The third-order valence-electron chi connectivity index (χ3n) is 5.05. The average molecular weight is 482 g/mol. The Morgan fingerprint density at radius 1 is 1.18 bits per heavy atom. The van der Waals surface area contributed by atoms with E-state index in [2.05, 4.69) is 30.1 Å².